The van der Waals surface area contributed by atoms with Gasteiger partial charge in [0.2, 0.25) is 0 Å². The summed E-state index contributed by atoms with van der Waals surface area (Å²) in [5.74, 6) is 0.328. The summed E-state index contributed by atoms with van der Waals surface area (Å²) in [4.78, 5) is 13.6. The molecule has 3 aromatic rings. The number of nitrogen functional groups attached to an aromatic ring is 1. The molecule has 1 saturated heterocycles. The van der Waals surface area contributed by atoms with Crippen molar-refractivity contribution in [1.29, 1.82) is 0 Å². The average molecular weight is 454 g/mol. The minimum atomic E-state index is 0.274. The first-order valence-electron chi connectivity index (χ1n) is 11.9. The average Bonchev–Trinajstić information content (AvgIpc) is 3.23. The van der Waals surface area contributed by atoms with Crippen molar-refractivity contribution in [1.82, 2.24) is 29.4 Å². The Hall–Kier alpha value is -2.75. The summed E-state index contributed by atoms with van der Waals surface area (Å²) >= 11 is 0. The van der Waals surface area contributed by atoms with Gasteiger partial charge in [-0.25, -0.2) is 9.50 Å². The zero-order valence-corrected chi connectivity index (χ0v) is 19.5. The summed E-state index contributed by atoms with van der Waals surface area (Å²) < 4.78 is 7.40. The fourth-order valence-electron chi connectivity index (χ4n) is 4.11. The van der Waals surface area contributed by atoms with Crippen molar-refractivity contribution in [2.45, 2.75) is 39.2 Å². The minimum Gasteiger partial charge on any atom is -0.462 e. The van der Waals surface area contributed by atoms with Crippen LogP contribution in [0.15, 0.2) is 30.5 Å². The Morgan fingerprint density at radius 1 is 1.03 bits per heavy atom. The molecule has 0 saturated carbocycles. The van der Waals surface area contributed by atoms with Crippen molar-refractivity contribution in [2.24, 2.45) is 0 Å². The van der Waals surface area contributed by atoms with E-state index in [1.165, 1.54) is 11.1 Å². The van der Waals surface area contributed by atoms with Gasteiger partial charge in [0.05, 0.1) is 18.5 Å². The number of benzene rings is 1. The lowest BCUT2D eigenvalue weighted by molar-refractivity contribution is 0.120. The number of anilines is 1. The molecular weight excluding hydrogens is 418 g/mol. The molecule has 1 aromatic carbocycles. The normalized spacial score (nSPS) is 15.3. The van der Waals surface area contributed by atoms with E-state index in [-0.39, 0.29) is 6.61 Å². The van der Waals surface area contributed by atoms with Gasteiger partial charge < -0.3 is 20.5 Å². The Morgan fingerprint density at radius 3 is 2.48 bits per heavy atom. The molecule has 9 nitrogen and oxygen atoms in total. The molecule has 3 N–H and O–H groups in total. The highest BCUT2D eigenvalue weighted by molar-refractivity contribution is 5.59. The van der Waals surface area contributed by atoms with Gasteiger partial charge in [0.1, 0.15) is 0 Å². The van der Waals surface area contributed by atoms with Crippen LogP contribution in [-0.2, 0) is 13.0 Å². The summed E-state index contributed by atoms with van der Waals surface area (Å²) in [5, 5.41) is 13.5. The lowest BCUT2D eigenvalue weighted by Gasteiger charge is -2.34. The van der Waals surface area contributed by atoms with E-state index in [1.807, 2.05) is 0 Å². The van der Waals surface area contributed by atoms with Crippen LogP contribution in [0.3, 0.4) is 0 Å². The Balaban J connectivity index is 1.36. The van der Waals surface area contributed by atoms with Gasteiger partial charge in [-0.15, -0.1) is 5.10 Å². The third kappa shape index (κ3) is 6.19. The second kappa shape index (κ2) is 11.4. The maximum absolute atomic E-state index is 9.00. The smallest absolute Gasteiger partial charge is 0.336 e. The van der Waals surface area contributed by atoms with Crippen molar-refractivity contribution in [3.05, 3.63) is 47.3 Å². The van der Waals surface area contributed by atoms with Crippen molar-refractivity contribution < 1.29 is 9.84 Å². The fraction of sp³-hybridized carbons (Fsp3) is 0.542. The van der Waals surface area contributed by atoms with Crippen LogP contribution >= 0.6 is 0 Å². The molecule has 0 radical (unpaired) electrons. The summed E-state index contributed by atoms with van der Waals surface area (Å²) in [6.07, 6.45) is 5.37. The highest BCUT2D eigenvalue weighted by Gasteiger charge is 2.17. The molecule has 2 aromatic heterocycles. The predicted molar refractivity (Wildman–Crippen MR) is 128 cm³/mol. The van der Waals surface area contributed by atoms with Gasteiger partial charge in [0, 0.05) is 52.3 Å². The van der Waals surface area contributed by atoms with Crippen LogP contribution < -0.4 is 10.5 Å². The number of hydrogen-bond acceptors (Lipinski definition) is 8. The summed E-state index contributed by atoms with van der Waals surface area (Å²) in [7, 11) is 0. The van der Waals surface area contributed by atoms with Gasteiger partial charge in [-0.05, 0) is 24.0 Å². The lowest BCUT2D eigenvalue weighted by Crippen LogP contribution is -2.46. The van der Waals surface area contributed by atoms with Gasteiger partial charge in [-0.1, -0.05) is 37.6 Å². The number of hydrogen-bond donors (Lipinski definition) is 2. The third-order valence-corrected chi connectivity index (χ3v) is 6.08. The number of nitrogens with two attached hydrogens (primary N) is 1. The number of aromatic nitrogens is 4. The van der Waals surface area contributed by atoms with E-state index in [1.54, 1.807) is 10.7 Å². The Morgan fingerprint density at radius 2 is 1.76 bits per heavy atom. The molecular formula is C24H35N7O2. The monoisotopic (exact) mass is 453 g/mol. The van der Waals surface area contributed by atoms with Crippen LogP contribution in [0.1, 0.15) is 43.0 Å². The molecule has 1 fully saturated rings. The van der Waals surface area contributed by atoms with E-state index in [4.69, 9.17) is 15.6 Å². The summed E-state index contributed by atoms with van der Waals surface area (Å²) in [6, 6.07) is 9.06. The quantitative estimate of drug-likeness (QED) is 0.425. The Bertz CT molecular complexity index is 1010. The standard InChI is InChI=1S/C24H35N7O2/c1-2-3-15-33-24-27-22(25)23-26-17-21(31(23)28-24)16-19-5-7-20(8-6-19)18-30-12-10-29(11-13-30)9-4-14-32/h5-8,17,32H,2-4,9-16,18H2,1H3,(H2,25,27,28). The Kier molecular flexibility index (Phi) is 8.09. The molecule has 178 valence electrons. The van der Waals surface area contributed by atoms with Gasteiger partial charge in [0.25, 0.3) is 0 Å². The largest absolute Gasteiger partial charge is 0.462 e. The van der Waals surface area contributed by atoms with Crippen LogP contribution in [0.2, 0.25) is 0 Å². The number of ether oxygens (including phenoxy) is 1. The first-order chi connectivity index (χ1) is 16.2. The van der Waals surface area contributed by atoms with Gasteiger partial charge >= 0.3 is 6.01 Å². The molecule has 0 spiro atoms. The number of fused-ring (bicyclic) bond motifs is 1. The molecule has 33 heavy (non-hydrogen) atoms. The van der Waals surface area contributed by atoms with E-state index in [0.29, 0.717) is 30.5 Å². The summed E-state index contributed by atoms with van der Waals surface area (Å²) in [5.41, 5.74) is 10.1. The zero-order valence-electron chi connectivity index (χ0n) is 19.5. The molecule has 1 aliphatic heterocycles. The highest BCUT2D eigenvalue weighted by atomic mass is 16.5. The van der Waals surface area contributed by atoms with Crippen molar-refractivity contribution in [3.63, 3.8) is 0 Å². The van der Waals surface area contributed by atoms with Gasteiger partial charge in [-0.2, -0.15) is 4.98 Å². The van der Waals surface area contributed by atoms with Crippen molar-refractivity contribution in [2.75, 3.05) is 51.7 Å². The van der Waals surface area contributed by atoms with Crippen LogP contribution in [0.5, 0.6) is 6.01 Å². The van der Waals surface area contributed by atoms with Crippen LogP contribution in [0.4, 0.5) is 5.82 Å². The zero-order chi connectivity index (χ0) is 23.0. The lowest BCUT2D eigenvalue weighted by atomic mass is 10.1. The van der Waals surface area contributed by atoms with Gasteiger partial charge in [-0.3, -0.25) is 4.90 Å². The van der Waals surface area contributed by atoms with E-state index in [2.05, 4.69) is 56.1 Å². The third-order valence-electron chi connectivity index (χ3n) is 6.08. The first-order valence-corrected chi connectivity index (χ1v) is 11.9. The highest BCUT2D eigenvalue weighted by Crippen LogP contribution is 2.18. The van der Waals surface area contributed by atoms with E-state index in [0.717, 1.165) is 64.2 Å². The number of unbranched alkanes of at least 4 members (excludes halogenated alkanes) is 1. The molecule has 3 heterocycles. The molecule has 0 bridgehead atoms. The van der Waals surface area contributed by atoms with Crippen LogP contribution in [0, 0.1) is 0 Å². The van der Waals surface area contributed by atoms with Crippen molar-refractivity contribution in [3.8, 4) is 6.01 Å². The molecule has 9 heteroatoms. The van der Waals surface area contributed by atoms with E-state index >= 15 is 0 Å². The second-order valence-electron chi connectivity index (χ2n) is 8.65. The number of rotatable bonds is 11. The molecule has 4 rings (SSSR count). The SMILES string of the molecule is CCCCOc1nc(N)c2ncc(Cc3ccc(CN4CCN(CCCO)CC4)cc3)n2n1. The number of imidazole rings is 1. The number of aliphatic hydroxyl groups excluding tert-OH is 1. The van der Waals surface area contributed by atoms with E-state index in [9.17, 15) is 0 Å². The summed E-state index contributed by atoms with van der Waals surface area (Å²) in [6.45, 7) is 9.19. The fourth-order valence-corrected chi connectivity index (χ4v) is 4.11. The second-order valence-corrected chi connectivity index (χ2v) is 8.65. The number of nitrogens with zero attached hydrogens (tertiary/aromatic N) is 6. The molecule has 0 amide bonds. The topological polar surface area (TPSA) is 105 Å². The van der Waals surface area contributed by atoms with Crippen LogP contribution in [-0.4, -0.2) is 80.4 Å². The van der Waals surface area contributed by atoms with Crippen LogP contribution in [0.25, 0.3) is 5.65 Å². The Labute approximate surface area is 195 Å². The number of piperazine rings is 1. The first kappa shape index (κ1) is 23.4. The molecule has 0 atom stereocenters. The predicted octanol–water partition coefficient (Wildman–Crippen LogP) is 1.98. The minimum absolute atomic E-state index is 0.274. The molecule has 0 unspecified atom stereocenters. The maximum Gasteiger partial charge on any atom is 0.336 e. The van der Waals surface area contributed by atoms with E-state index < -0.39 is 0 Å². The number of aliphatic hydroxyl groups is 1. The maximum atomic E-state index is 9.00. The molecule has 1 aliphatic rings. The molecule has 0 aliphatic carbocycles. The van der Waals surface area contributed by atoms with Gasteiger partial charge in [0.15, 0.2) is 11.5 Å². The van der Waals surface area contributed by atoms with Crippen molar-refractivity contribution >= 4 is 11.5 Å².